The topological polar surface area (TPSA) is 33.4 Å². The van der Waals surface area contributed by atoms with Crippen molar-refractivity contribution < 1.29 is 9.52 Å². The molecule has 1 aromatic heterocycles. The highest BCUT2D eigenvalue weighted by Crippen LogP contribution is 2.32. The highest BCUT2D eigenvalue weighted by molar-refractivity contribution is 14.1. The molecular formula is C15H9Cl2IO2. The Balaban J connectivity index is 2.07. The molecule has 102 valence electrons. The van der Waals surface area contributed by atoms with Crippen LogP contribution in [-0.2, 0) is 0 Å². The maximum Gasteiger partial charge on any atom is 0.138 e. The highest BCUT2D eigenvalue weighted by atomic mass is 127. The van der Waals surface area contributed by atoms with Crippen LogP contribution in [0.1, 0.15) is 17.4 Å². The van der Waals surface area contributed by atoms with E-state index in [9.17, 15) is 5.11 Å². The molecule has 0 aliphatic heterocycles. The fourth-order valence-electron chi connectivity index (χ4n) is 2.05. The molecule has 0 amide bonds. The first-order chi connectivity index (χ1) is 9.54. The molecule has 1 atom stereocenters. The molecule has 2 aromatic carbocycles. The lowest BCUT2D eigenvalue weighted by molar-refractivity contribution is 0.191. The van der Waals surface area contributed by atoms with Crippen molar-refractivity contribution in [3.8, 4) is 0 Å². The first-order valence-corrected chi connectivity index (χ1v) is 7.70. The van der Waals surface area contributed by atoms with Crippen LogP contribution in [0.4, 0.5) is 0 Å². The zero-order valence-corrected chi connectivity index (χ0v) is 13.8. The van der Waals surface area contributed by atoms with Crippen molar-refractivity contribution in [2.24, 2.45) is 0 Å². The van der Waals surface area contributed by atoms with Crippen molar-refractivity contribution in [3.05, 3.63) is 67.4 Å². The number of aliphatic hydroxyl groups is 1. The minimum atomic E-state index is -0.855. The molecule has 0 saturated carbocycles. The fraction of sp³-hybridized carbons (Fsp3) is 0.0667. The molecule has 2 nitrogen and oxygen atoms in total. The monoisotopic (exact) mass is 418 g/mol. The van der Waals surface area contributed by atoms with Gasteiger partial charge in [0.25, 0.3) is 0 Å². The van der Waals surface area contributed by atoms with E-state index in [0.29, 0.717) is 21.4 Å². The van der Waals surface area contributed by atoms with Crippen molar-refractivity contribution >= 4 is 56.8 Å². The number of furan rings is 1. The molecule has 3 rings (SSSR count). The van der Waals surface area contributed by atoms with Crippen molar-refractivity contribution in [2.45, 2.75) is 6.10 Å². The normalized spacial score (nSPS) is 12.8. The van der Waals surface area contributed by atoms with Crippen LogP contribution in [-0.4, -0.2) is 5.11 Å². The second-order valence-electron chi connectivity index (χ2n) is 4.40. The van der Waals surface area contributed by atoms with Gasteiger partial charge >= 0.3 is 0 Å². The number of hydrogen-bond donors (Lipinski definition) is 1. The number of rotatable bonds is 2. The number of fused-ring (bicyclic) bond motifs is 1. The first-order valence-electron chi connectivity index (χ1n) is 5.86. The summed E-state index contributed by atoms with van der Waals surface area (Å²) < 4.78 is 6.61. The Kier molecular flexibility index (Phi) is 3.95. The van der Waals surface area contributed by atoms with Gasteiger partial charge in [-0.05, 0) is 65.1 Å². The second-order valence-corrected chi connectivity index (χ2v) is 6.43. The van der Waals surface area contributed by atoms with Crippen molar-refractivity contribution in [2.75, 3.05) is 0 Å². The summed E-state index contributed by atoms with van der Waals surface area (Å²) in [7, 11) is 0. The lowest BCUT2D eigenvalue weighted by Crippen LogP contribution is -2.00. The van der Waals surface area contributed by atoms with E-state index in [-0.39, 0.29) is 0 Å². The van der Waals surface area contributed by atoms with Crippen LogP contribution in [0, 0.1) is 3.57 Å². The molecule has 1 heterocycles. The summed E-state index contributed by atoms with van der Waals surface area (Å²) in [5.74, 6) is 0.474. The largest absolute Gasteiger partial charge is 0.458 e. The van der Waals surface area contributed by atoms with E-state index >= 15 is 0 Å². The van der Waals surface area contributed by atoms with Gasteiger partial charge in [-0.1, -0.05) is 23.2 Å². The molecule has 1 unspecified atom stereocenters. The van der Waals surface area contributed by atoms with Gasteiger partial charge in [0.1, 0.15) is 17.4 Å². The van der Waals surface area contributed by atoms with Crippen LogP contribution < -0.4 is 0 Å². The molecule has 1 N–H and O–H groups in total. The Labute approximate surface area is 139 Å². The lowest BCUT2D eigenvalue weighted by atomic mass is 10.1. The standard InChI is InChI=1S/C15H9Cl2IO2/c16-9-2-4-13-8(5-9)6-14(20-13)15(19)11-7-10(17)1-3-12(11)18/h1-7,15,19H. The lowest BCUT2D eigenvalue weighted by Gasteiger charge is -2.10. The summed E-state index contributed by atoms with van der Waals surface area (Å²) in [6.07, 6.45) is -0.855. The van der Waals surface area contributed by atoms with E-state index in [4.69, 9.17) is 27.6 Å². The van der Waals surface area contributed by atoms with Gasteiger partial charge in [-0.3, -0.25) is 0 Å². The average Bonchev–Trinajstić information content (AvgIpc) is 2.83. The van der Waals surface area contributed by atoms with E-state index in [0.717, 1.165) is 14.5 Å². The third-order valence-electron chi connectivity index (χ3n) is 3.02. The van der Waals surface area contributed by atoms with Crippen LogP contribution in [0.25, 0.3) is 11.0 Å². The molecule has 0 aliphatic carbocycles. The van der Waals surface area contributed by atoms with E-state index in [1.165, 1.54) is 0 Å². The quantitative estimate of drug-likeness (QED) is 0.563. The summed E-state index contributed by atoms with van der Waals surface area (Å²) in [6.45, 7) is 0. The fourth-order valence-corrected chi connectivity index (χ4v) is 3.04. The number of halogens is 3. The molecule has 5 heteroatoms. The molecule has 0 radical (unpaired) electrons. The number of benzene rings is 2. The van der Waals surface area contributed by atoms with Gasteiger partial charge in [0, 0.05) is 24.6 Å². The molecule has 0 saturated heterocycles. The Hall–Kier alpha value is -0.750. The van der Waals surface area contributed by atoms with Crippen LogP contribution in [0.5, 0.6) is 0 Å². The third-order valence-corrected chi connectivity index (χ3v) is 4.47. The van der Waals surface area contributed by atoms with Crippen LogP contribution in [0.3, 0.4) is 0 Å². The maximum absolute atomic E-state index is 10.5. The predicted octanol–water partition coefficient (Wildman–Crippen LogP) is 5.43. The summed E-state index contributed by atoms with van der Waals surface area (Å²) in [6, 6.07) is 12.5. The maximum atomic E-state index is 10.5. The van der Waals surface area contributed by atoms with Crippen molar-refractivity contribution in [3.63, 3.8) is 0 Å². The Morgan fingerprint density at radius 1 is 1.00 bits per heavy atom. The zero-order chi connectivity index (χ0) is 14.3. The van der Waals surface area contributed by atoms with Crippen LogP contribution in [0.2, 0.25) is 10.0 Å². The van der Waals surface area contributed by atoms with Crippen LogP contribution in [0.15, 0.2) is 46.9 Å². The Morgan fingerprint density at radius 2 is 1.70 bits per heavy atom. The van der Waals surface area contributed by atoms with Gasteiger partial charge in [-0.2, -0.15) is 0 Å². The van der Waals surface area contributed by atoms with Gasteiger partial charge in [-0.25, -0.2) is 0 Å². The Bertz CT molecular complexity index is 783. The van der Waals surface area contributed by atoms with Crippen LogP contribution >= 0.6 is 45.8 Å². The van der Waals surface area contributed by atoms with Gasteiger partial charge < -0.3 is 9.52 Å². The molecule has 0 aliphatic rings. The second kappa shape index (κ2) is 5.56. The average molecular weight is 419 g/mol. The smallest absolute Gasteiger partial charge is 0.138 e. The van der Waals surface area contributed by atoms with E-state index < -0.39 is 6.10 Å². The molecule has 0 spiro atoms. The molecule has 20 heavy (non-hydrogen) atoms. The first kappa shape index (κ1) is 14.2. The molecule has 0 fully saturated rings. The van der Waals surface area contributed by atoms with Gasteiger partial charge in [0.15, 0.2) is 0 Å². The minimum Gasteiger partial charge on any atom is -0.458 e. The molecular weight excluding hydrogens is 410 g/mol. The molecule has 3 aromatic rings. The third kappa shape index (κ3) is 2.68. The number of hydrogen-bond acceptors (Lipinski definition) is 2. The minimum absolute atomic E-state index is 0.474. The van der Waals surface area contributed by atoms with E-state index in [1.54, 1.807) is 36.4 Å². The number of aliphatic hydroxyl groups excluding tert-OH is 1. The summed E-state index contributed by atoms with van der Waals surface area (Å²) in [5.41, 5.74) is 1.42. The summed E-state index contributed by atoms with van der Waals surface area (Å²) in [5, 5.41) is 12.6. The van der Waals surface area contributed by atoms with E-state index in [1.807, 2.05) is 6.07 Å². The van der Waals surface area contributed by atoms with Crippen molar-refractivity contribution in [1.29, 1.82) is 0 Å². The zero-order valence-electron chi connectivity index (χ0n) is 10.1. The van der Waals surface area contributed by atoms with Gasteiger partial charge in [0.05, 0.1) is 0 Å². The van der Waals surface area contributed by atoms with Gasteiger partial charge in [0.2, 0.25) is 0 Å². The predicted molar refractivity (Wildman–Crippen MR) is 89.5 cm³/mol. The Morgan fingerprint density at radius 3 is 2.50 bits per heavy atom. The van der Waals surface area contributed by atoms with Gasteiger partial charge in [-0.15, -0.1) is 0 Å². The van der Waals surface area contributed by atoms with E-state index in [2.05, 4.69) is 22.6 Å². The van der Waals surface area contributed by atoms with Crippen molar-refractivity contribution in [1.82, 2.24) is 0 Å². The molecule has 0 bridgehead atoms. The summed E-state index contributed by atoms with van der Waals surface area (Å²) >= 11 is 14.1. The SMILES string of the molecule is OC(c1cc2cc(Cl)ccc2o1)c1cc(Cl)ccc1I. The summed E-state index contributed by atoms with van der Waals surface area (Å²) in [4.78, 5) is 0. The highest BCUT2D eigenvalue weighted by Gasteiger charge is 2.18.